The summed E-state index contributed by atoms with van der Waals surface area (Å²) in [6, 6.07) is 70.0. The Labute approximate surface area is 447 Å². The van der Waals surface area contributed by atoms with Crippen LogP contribution in [0.3, 0.4) is 0 Å². The molecule has 0 N–H and O–H groups in total. The van der Waals surface area contributed by atoms with Crippen LogP contribution in [-0.2, 0) is 52.4 Å². The molecule has 8 aromatic carbocycles. The summed E-state index contributed by atoms with van der Waals surface area (Å²) in [7, 11) is -0.986. The van der Waals surface area contributed by atoms with Gasteiger partial charge >= 0.3 is 52.4 Å². The van der Waals surface area contributed by atoms with E-state index in [4.69, 9.17) is 0 Å². The standard InChI is InChI=1S/2C21H16P.2C10H15.2FH.2Zr/c2*1-3-11-19(12-4-1)22(20-13-5-2-6-14-20)21-15-17-9-7-8-10-18(17)16-21;2*1-7-6-10(4,5)9(3)8(7)2;;;;/h2*1-16H;2*1-5H3;2*1H;;/q4*-1;;;2*+2/p-2. The molecule has 0 nitrogen and oxygen atoms in total. The molecule has 0 unspecified atom stereocenters. The maximum atomic E-state index is 3.44. The van der Waals surface area contributed by atoms with Crippen LogP contribution in [0.5, 0.6) is 0 Å². The molecule has 0 aliphatic heterocycles. The Morgan fingerprint density at radius 3 is 0.824 bits per heavy atom. The minimum Gasteiger partial charge on any atom is -1.00 e. The summed E-state index contributed by atoms with van der Waals surface area (Å²) >= 11 is 0. The zero-order chi connectivity index (χ0) is 45.4. The maximum absolute atomic E-state index is 3.44. The van der Waals surface area contributed by atoms with E-state index in [9.17, 15) is 0 Å². The third-order valence-electron chi connectivity index (χ3n) is 12.9. The van der Waals surface area contributed by atoms with E-state index < -0.39 is 15.8 Å². The predicted octanol–water partition coefficient (Wildman–Crippen LogP) is 8.86. The zero-order valence-corrected chi connectivity index (χ0v) is 47.8. The second-order valence-electron chi connectivity index (χ2n) is 17.9. The summed E-state index contributed by atoms with van der Waals surface area (Å²) in [5, 5.41) is 13.8. The fraction of sp³-hybridized carbons (Fsp3) is 0.194. The molecule has 68 heavy (non-hydrogen) atoms. The van der Waals surface area contributed by atoms with E-state index in [1.165, 1.54) is 86.8 Å². The number of fused-ring (bicyclic) bond motifs is 2. The number of hydrogen-bond donors (Lipinski definition) is 0. The van der Waals surface area contributed by atoms with Gasteiger partial charge in [-0.1, -0.05) is 200 Å². The minimum atomic E-state index is -0.493. The van der Waals surface area contributed by atoms with E-state index in [1.54, 1.807) is 0 Å². The molecule has 8 aromatic rings. The second kappa shape index (κ2) is 26.3. The van der Waals surface area contributed by atoms with Gasteiger partial charge in [0.2, 0.25) is 0 Å². The van der Waals surface area contributed by atoms with Crippen LogP contribution < -0.4 is 41.2 Å². The van der Waals surface area contributed by atoms with Crippen molar-refractivity contribution >= 4 is 69.2 Å². The van der Waals surface area contributed by atoms with Crippen molar-refractivity contribution in [2.75, 3.05) is 0 Å². The first-order valence-corrected chi connectivity index (χ1v) is 25.1. The summed E-state index contributed by atoms with van der Waals surface area (Å²) in [5.74, 6) is 0. The molecule has 2 aliphatic carbocycles. The quantitative estimate of drug-likeness (QED) is 0.116. The average molecular weight is 1090 g/mol. The molecule has 0 aromatic heterocycles. The number of allylic oxidation sites excluding steroid dienone is 8. The van der Waals surface area contributed by atoms with Crippen LogP contribution in [-0.4, -0.2) is 0 Å². The van der Waals surface area contributed by atoms with Crippen molar-refractivity contribution in [3.63, 3.8) is 0 Å². The SMILES string of the molecule is CC1=[C-]C(C)(C)C(C)=C1C.CC1=[C-]C(C)(C)C(C)=C1C.[F-].[F-].[Zr+2].[Zr+2].c1ccc(P(c2ccccc2)c2cc3ccccc3[cH-]2)cc1.c1ccc(P(c2ccccc2)c2cc3ccccc3[cH-]2)cc1. The number of rotatable bonds is 6. The van der Waals surface area contributed by atoms with Crippen molar-refractivity contribution in [2.45, 2.75) is 69.2 Å². The van der Waals surface area contributed by atoms with Crippen molar-refractivity contribution in [2.24, 2.45) is 10.8 Å². The molecule has 0 saturated carbocycles. The molecular formula is C62H62F2P2Zr2-2. The molecular weight excluding hydrogens is 1030 g/mol. The summed E-state index contributed by atoms with van der Waals surface area (Å²) in [6.45, 7) is 21.8. The molecule has 0 saturated heterocycles. The van der Waals surface area contributed by atoms with Gasteiger partial charge in [0.15, 0.2) is 0 Å². The summed E-state index contributed by atoms with van der Waals surface area (Å²) < 4.78 is 0. The Morgan fingerprint density at radius 2 is 0.618 bits per heavy atom. The molecule has 10 rings (SSSR count). The van der Waals surface area contributed by atoms with Gasteiger partial charge in [-0.3, -0.25) is 12.2 Å². The maximum Gasteiger partial charge on any atom is 2.00 e. The molecule has 0 fully saturated rings. The summed E-state index contributed by atoms with van der Waals surface area (Å²) in [6.07, 6.45) is 6.87. The molecule has 0 heterocycles. The molecule has 2 aliphatic rings. The van der Waals surface area contributed by atoms with Gasteiger partial charge in [-0.25, -0.2) is 11.1 Å². The largest absolute Gasteiger partial charge is 2.00 e. The van der Waals surface area contributed by atoms with E-state index >= 15 is 0 Å². The van der Waals surface area contributed by atoms with Crippen LogP contribution >= 0.6 is 15.8 Å². The van der Waals surface area contributed by atoms with Crippen LogP contribution in [0.4, 0.5) is 0 Å². The van der Waals surface area contributed by atoms with Crippen LogP contribution in [0.25, 0.3) is 21.5 Å². The van der Waals surface area contributed by atoms with Crippen molar-refractivity contribution in [3.8, 4) is 0 Å². The van der Waals surface area contributed by atoms with Crippen LogP contribution in [0.2, 0.25) is 0 Å². The Balaban J connectivity index is 0.000000251. The first kappa shape index (κ1) is 58.3. The summed E-state index contributed by atoms with van der Waals surface area (Å²) in [5.41, 5.74) is 8.79. The Bertz CT molecular complexity index is 2590. The van der Waals surface area contributed by atoms with Crippen molar-refractivity contribution in [3.05, 3.63) is 240 Å². The smallest absolute Gasteiger partial charge is 1.00 e. The molecule has 0 amide bonds. The first-order valence-electron chi connectivity index (χ1n) is 22.4. The minimum absolute atomic E-state index is 0. The van der Waals surface area contributed by atoms with E-state index in [-0.39, 0.29) is 72.6 Å². The van der Waals surface area contributed by atoms with Crippen molar-refractivity contribution < 1.29 is 61.8 Å². The number of hydrogen-bond acceptors (Lipinski definition) is 0. The van der Waals surface area contributed by atoms with Gasteiger partial charge in [0.1, 0.15) is 0 Å². The summed E-state index contributed by atoms with van der Waals surface area (Å²) in [4.78, 5) is 0. The van der Waals surface area contributed by atoms with E-state index in [1.807, 2.05) is 0 Å². The van der Waals surface area contributed by atoms with Gasteiger partial charge in [-0.05, 0) is 37.1 Å². The van der Waals surface area contributed by atoms with Crippen molar-refractivity contribution in [1.29, 1.82) is 0 Å². The third kappa shape index (κ3) is 14.1. The van der Waals surface area contributed by atoms with Crippen LogP contribution in [0, 0.1) is 23.0 Å². The molecule has 0 spiro atoms. The predicted molar refractivity (Wildman–Crippen MR) is 286 cm³/mol. The fourth-order valence-corrected chi connectivity index (χ4v) is 13.3. The van der Waals surface area contributed by atoms with Crippen LogP contribution in [0.1, 0.15) is 69.2 Å². The Hall–Kier alpha value is -4.01. The van der Waals surface area contributed by atoms with Gasteiger partial charge in [-0.2, -0.15) is 34.4 Å². The van der Waals surface area contributed by atoms with E-state index in [0.717, 1.165) is 0 Å². The van der Waals surface area contributed by atoms with E-state index in [0.29, 0.717) is 0 Å². The topological polar surface area (TPSA) is 0 Å². The van der Waals surface area contributed by atoms with Crippen LogP contribution in [0.15, 0.2) is 228 Å². The molecule has 0 atom stereocenters. The zero-order valence-electron chi connectivity index (χ0n) is 41.1. The molecule has 6 heteroatoms. The number of halogens is 2. The molecule has 0 bridgehead atoms. The van der Waals surface area contributed by atoms with Gasteiger partial charge < -0.3 is 9.41 Å². The first-order chi connectivity index (χ1) is 30.7. The van der Waals surface area contributed by atoms with Gasteiger partial charge in [0.25, 0.3) is 0 Å². The van der Waals surface area contributed by atoms with Gasteiger partial charge in [0.05, 0.1) is 0 Å². The Morgan fingerprint density at radius 1 is 0.368 bits per heavy atom. The third-order valence-corrected chi connectivity index (χ3v) is 17.7. The van der Waals surface area contributed by atoms with Gasteiger partial charge in [-0.15, -0.1) is 94.5 Å². The second-order valence-corrected chi connectivity index (χ2v) is 22.4. The van der Waals surface area contributed by atoms with E-state index in [2.05, 4.69) is 276 Å². The monoisotopic (exact) mass is 1090 g/mol. The molecule has 344 valence electrons. The normalized spacial score (nSPS) is 14.1. The number of benzene rings is 6. The average Bonchev–Trinajstić information content (AvgIpc) is 4.02. The molecule has 0 radical (unpaired) electrons. The van der Waals surface area contributed by atoms with Gasteiger partial charge in [0, 0.05) is 0 Å². The van der Waals surface area contributed by atoms with Crippen molar-refractivity contribution in [1.82, 2.24) is 0 Å². The fourth-order valence-electron chi connectivity index (χ4n) is 8.54. The Kier molecular flexibility index (Phi) is 22.5.